The number of hydrogen-bond donors (Lipinski definition) is 3. The second-order valence-electron chi connectivity index (χ2n) is 13.3. The molecule has 3 aromatic rings. The predicted octanol–water partition coefficient (Wildman–Crippen LogP) is 4.19. The summed E-state index contributed by atoms with van der Waals surface area (Å²) >= 11 is 1.47. The van der Waals surface area contributed by atoms with Gasteiger partial charge in [0.2, 0.25) is 15.9 Å². The van der Waals surface area contributed by atoms with Gasteiger partial charge >= 0.3 is 6.03 Å². The summed E-state index contributed by atoms with van der Waals surface area (Å²) in [6.07, 6.45) is 0.767. The Kier molecular flexibility index (Phi) is 14.5. The summed E-state index contributed by atoms with van der Waals surface area (Å²) in [5.41, 5.74) is 2.13. The fourth-order valence-electron chi connectivity index (χ4n) is 6.12. The number of benzene rings is 2. The number of aliphatic hydroxyl groups excluding tert-OH is 1. The summed E-state index contributed by atoms with van der Waals surface area (Å²) in [6.45, 7) is 9.01. The van der Waals surface area contributed by atoms with Gasteiger partial charge in [-0.1, -0.05) is 81.7 Å². The lowest BCUT2D eigenvalue weighted by Gasteiger charge is -2.35. The van der Waals surface area contributed by atoms with E-state index < -0.39 is 34.1 Å². The van der Waals surface area contributed by atoms with Crippen molar-refractivity contribution in [3.8, 4) is 0 Å². The molecule has 0 aliphatic carbocycles. The van der Waals surface area contributed by atoms with Gasteiger partial charge in [-0.15, -0.1) is 11.3 Å². The Morgan fingerprint density at radius 1 is 1.12 bits per heavy atom. The molecule has 3 N–H and O–H groups in total. The van der Waals surface area contributed by atoms with Crippen molar-refractivity contribution < 1.29 is 33.1 Å². The molecule has 0 unspecified atom stereocenters. The van der Waals surface area contributed by atoms with Crippen molar-refractivity contribution in [3.05, 3.63) is 81.8 Å². The van der Waals surface area contributed by atoms with Crippen LogP contribution in [0, 0.1) is 11.8 Å². The van der Waals surface area contributed by atoms with Crippen molar-refractivity contribution in [2.75, 3.05) is 33.3 Å². The van der Waals surface area contributed by atoms with E-state index in [0.717, 1.165) is 16.3 Å². The highest BCUT2D eigenvalue weighted by Gasteiger charge is 2.41. The molecule has 0 radical (unpaired) electrons. The van der Waals surface area contributed by atoms with Gasteiger partial charge in [0.25, 0.3) is 0 Å². The van der Waals surface area contributed by atoms with Crippen molar-refractivity contribution in [2.24, 2.45) is 17.0 Å². The number of aliphatic hydroxyl groups is 1. The number of urea groups is 1. The molecule has 2 heterocycles. The number of methoxy groups -OCH3 is 1. The lowest BCUT2D eigenvalue weighted by Crippen LogP contribution is -2.57. The van der Waals surface area contributed by atoms with Gasteiger partial charge in [0.15, 0.2) is 0 Å². The van der Waals surface area contributed by atoms with E-state index in [1.54, 1.807) is 16.9 Å². The molecule has 0 spiro atoms. The molecule has 15 heteroatoms. The molecule has 1 aliphatic heterocycles. The SMILES string of the molecule is CC[C@H](C)[C@@H](C(=O)N[C@@H](Cc1ccccc1)[C@@H](O)CN(CC(C)C)S(=O)(=O)c1ccc(C=NO)cc1)N1CCN(Cc2csc(COC)n2)C1=O. The highest BCUT2D eigenvalue weighted by molar-refractivity contribution is 7.89. The van der Waals surface area contributed by atoms with Gasteiger partial charge in [0.05, 0.1) is 42.1 Å². The number of sulfonamides is 1. The molecular weight excluding hydrogens is 693 g/mol. The highest BCUT2D eigenvalue weighted by atomic mass is 32.2. The maximum Gasteiger partial charge on any atom is 0.321 e. The van der Waals surface area contributed by atoms with Gasteiger partial charge in [-0.2, -0.15) is 4.31 Å². The van der Waals surface area contributed by atoms with Crippen LogP contribution in [0.4, 0.5) is 4.79 Å². The fourth-order valence-corrected chi connectivity index (χ4v) is 8.50. The van der Waals surface area contributed by atoms with Crippen LogP contribution in [0.5, 0.6) is 0 Å². The van der Waals surface area contributed by atoms with Crippen LogP contribution in [0.1, 0.15) is 55.9 Å². The zero-order valence-electron chi connectivity index (χ0n) is 29.9. The van der Waals surface area contributed by atoms with Crippen LogP contribution in [-0.2, 0) is 39.1 Å². The van der Waals surface area contributed by atoms with Crippen molar-refractivity contribution in [2.45, 2.75) is 76.8 Å². The molecule has 1 aliphatic rings. The van der Waals surface area contributed by atoms with Crippen molar-refractivity contribution in [1.29, 1.82) is 0 Å². The first-order valence-corrected chi connectivity index (χ1v) is 19.5. The first kappa shape index (κ1) is 39.9. The second kappa shape index (κ2) is 18.6. The van der Waals surface area contributed by atoms with Crippen LogP contribution in [0.15, 0.2) is 70.0 Å². The first-order chi connectivity index (χ1) is 24.4. The Morgan fingerprint density at radius 2 is 1.82 bits per heavy atom. The molecule has 1 fully saturated rings. The number of oxime groups is 1. The van der Waals surface area contributed by atoms with E-state index in [2.05, 4.69) is 15.5 Å². The summed E-state index contributed by atoms with van der Waals surface area (Å²) in [7, 11) is -2.46. The maximum absolute atomic E-state index is 14.3. The lowest BCUT2D eigenvalue weighted by atomic mass is 9.95. The number of carbonyl (C=O) groups is 2. The Morgan fingerprint density at radius 3 is 2.45 bits per heavy atom. The summed E-state index contributed by atoms with van der Waals surface area (Å²) in [4.78, 5) is 35.9. The summed E-state index contributed by atoms with van der Waals surface area (Å²) in [5, 5.41) is 29.4. The average molecular weight is 743 g/mol. The predicted molar refractivity (Wildman–Crippen MR) is 196 cm³/mol. The van der Waals surface area contributed by atoms with Crippen LogP contribution in [0.3, 0.4) is 0 Å². The van der Waals surface area contributed by atoms with Crippen LogP contribution in [0.2, 0.25) is 0 Å². The van der Waals surface area contributed by atoms with Gasteiger partial charge in [0, 0.05) is 38.7 Å². The molecule has 278 valence electrons. The lowest BCUT2D eigenvalue weighted by molar-refractivity contribution is -0.128. The minimum absolute atomic E-state index is 0.0237. The number of amides is 3. The zero-order chi connectivity index (χ0) is 37.1. The van der Waals surface area contributed by atoms with Crippen LogP contribution < -0.4 is 5.32 Å². The number of nitrogens with zero attached hydrogens (tertiary/aromatic N) is 5. The second-order valence-corrected chi connectivity index (χ2v) is 16.2. The number of aromatic nitrogens is 1. The number of rotatable bonds is 19. The first-order valence-electron chi connectivity index (χ1n) is 17.2. The molecule has 1 aromatic heterocycles. The monoisotopic (exact) mass is 742 g/mol. The number of thiazole rings is 1. The number of nitrogens with one attached hydrogen (secondary N) is 1. The topological polar surface area (TPSA) is 165 Å². The largest absolute Gasteiger partial charge is 0.411 e. The van der Waals surface area contributed by atoms with E-state index in [-0.39, 0.29) is 42.3 Å². The van der Waals surface area contributed by atoms with Gasteiger partial charge in [-0.05, 0) is 41.5 Å². The third-order valence-electron chi connectivity index (χ3n) is 8.91. The van der Waals surface area contributed by atoms with Crippen molar-refractivity contribution >= 4 is 39.5 Å². The Hall–Kier alpha value is -3.89. The van der Waals surface area contributed by atoms with E-state index in [4.69, 9.17) is 9.94 Å². The minimum atomic E-state index is -4.06. The summed E-state index contributed by atoms with van der Waals surface area (Å²) in [6, 6.07) is 13.3. The van der Waals surface area contributed by atoms with E-state index in [1.165, 1.54) is 46.1 Å². The average Bonchev–Trinajstić information content (AvgIpc) is 3.70. The third kappa shape index (κ3) is 10.6. The van der Waals surface area contributed by atoms with Gasteiger partial charge in [0.1, 0.15) is 11.0 Å². The Balaban J connectivity index is 1.57. The van der Waals surface area contributed by atoms with Gasteiger partial charge in [-0.3, -0.25) is 4.79 Å². The zero-order valence-corrected chi connectivity index (χ0v) is 31.5. The van der Waals surface area contributed by atoms with Crippen molar-refractivity contribution in [1.82, 2.24) is 24.4 Å². The third-order valence-corrected chi connectivity index (χ3v) is 11.6. The number of hydrogen-bond acceptors (Lipinski definition) is 10. The smallest absolute Gasteiger partial charge is 0.321 e. The molecule has 4 rings (SSSR count). The minimum Gasteiger partial charge on any atom is -0.411 e. The Bertz CT molecular complexity index is 1700. The van der Waals surface area contributed by atoms with Crippen LogP contribution >= 0.6 is 11.3 Å². The van der Waals surface area contributed by atoms with E-state index in [1.807, 2.05) is 63.4 Å². The van der Waals surface area contributed by atoms with Crippen LogP contribution in [-0.4, -0.2) is 107 Å². The Labute approximate surface area is 305 Å². The standard InChI is InChI=1S/C36H50N6O7S2/c1-6-26(4)34(42-17-16-40(36(42)45)21-29-24-50-33(38-29)23-49-5)35(44)39-31(18-27-10-8-7-9-11-27)32(43)22-41(20-25(2)3)51(47,48)30-14-12-28(13-15-30)19-37-46/h7-15,19,24-26,31-32,34,43,46H,6,16-18,20-23H2,1-5H3,(H,39,44)/t26-,31-,32-,34-/m0/s1. The van der Waals surface area contributed by atoms with E-state index >= 15 is 0 Å². The molecule has 4 atom stereocenters. The normalized spacial score (nSPS) is 16.3. The summed E-state index contributed by atoms with van der Waals surface area (Å²) < 4.78 is 34.2. The fraction of sp³-hybridized carbons (Fsp3) is 0.500. The molecule has 51 heavy (non-hydrogen) atoms. The van der Waals surface area contributed by atoms with Gasteiger partial charge < -0.3 is 30.2 Å². The quantitative estimate of drug-likeness (QED) is 0.0936. The van der Waals surface area contributed by atoms with E-state index in [9.17, 15) is 23.1 Å². The van der Waals surface area contributed by atoms with Crippen LogP contribution in [0.25, 0.3) is 0 Å². The molecule has 0 bridgehead atoms. The van der Waals surface area contributed by atoms with Crippen molar-refractivity contribution in [3.63, 3.8) is 0 Å². The number of ether oxygens (including phenoxy) is 1. The molecule has 1 saturated heterocycles. The van der Waals surface area contributed by atoms with Gasteiger partial charge in [-0.25, -0.2) is 18.2 Å². The highest BCUT2D eigenvalue weighted by Crippen LogP contribution is 2.24. The molecule has 2 aromatic carbocycles. The number of carbonyl (C=O) groups excluding carboxylic acids is 2. The molecule has 13 nitrogen and oxygen atoms in total. The molecule has 0 saturated carbocycles. The maximum atomic E-state index is 14.3. The van der Waals surface area contributed by atoms with E-state index in [0.29, 0.717) is 38.2 Å². The molecular formula is C36H50N6O7S2. The molecule has 3 amide bonds. The summed E-state index contributed by atoms with van der Waals surface area (Å²) in [5.74, 6) is -0.674.